The molecule has 0 unspecified atom stereocenters. The van der Waals surface area contributed by atoms with Crippen molar-refractivity contribution in [2.24, 2.45) is 0 Å². The molecular weight excluding hydrogens is 322 g/mol. The number of rotatable bonds is 3. The van der Waals surface area contributed by atoms with Gasteiger partial charge in [0, 0.05) is 40.1 Å². The molecule has 0 fully saturated rings. The molecule has 5 aromatic rings. The number of aromatic amines is 1. The van der Waals surface area contributed by atoms with Gasteiger partial charge in [0.2, 0.25) is 0 Å². The summed E-state index contributed by atoms with van der Waals surface area (Å²) in [7, 11) is 0. The molecule has 0 bridgehead atoms. The third-order valence-electron chi connectivity index (χ3n) is 4.42. The Bertz CT molecular complexity index is 1210. The average Bonchev–Trinajstić information content (AvgIpc) is 3.16. The van der Waals surface area contributed by atoms with Crippen LogP contribution in [0, 0.1) is 0 Å². The molecule has 2 N–H and O–H groups in total. The molecule has 0 radical (unpaired) electrons. The summed E-state index contributed by atoms with van der Waals surface area (Å²) in [6.07, 6.45) is 5.45. The Morgan fingerprint density at radius 3 is 2.77 bits per heavy atom. The molecule has 0 saturated heterocycles. The third kappa shape index (κ3) is 2.56. The number of hydrogen-bond acceptors (Lipinski definition) is 4. The lowest BCUT2D eigenvalue weighted by atomic mass is 10.1. The zero-order valence-electron chi connectivity index (χ0n) is 13.8. The maximum absolute atomic E-state index is 4.53. The van der Waals surface area contributed by atoms with E-state index in [2.05, 4.69) is 49.7 Å². The Morgan fingerprint density at radius 1 is 0.846 bits per heavy atom. The molecule has 3 heterocycles. The Kier molecular flexibility index (Phi) is 3.35. The number of benzene rings is 2. The summed E-state index contributed by atoms with van der Waals surface area (Å²) in [6, 6.07) is 20.3. The molecule has 124 valence electrons. The maximum atomic E-state index is 4.53. The first-order valence-corrected chi connectivity index (χ1v) is 8.37. The van der Waals surface area contributed by atoms with E-state index in [1.165, 1.54) is 0 Å². The highest BCUT2D eigenvalue weighted by Gasteiger charge is 2.06. The molecule has 0 aliphatic heterocycles. The highest BCUT2D eigenvalue weighted by atomic mass is 15.1. The molecule has 0 spiro atoms. The molecule has 26 heavy (non-hydrogen) atoms. The van der Waals surface area contributed by atoms with Gasteiger partial charge in [-0.05, 0) is 42.5 Å². The van der Waals surface area contributed by atoms with Crippen molar-refractivity contribution in [1.82, 2.24) is 20.2 Å². The lowest BCUT2D eigenvalue weighted by Gasteiger charge is -2.10. The minimum absolute atomic E-state index is 0.933. The van der Waals surface area contributed by atoms with Crippen LogP contribution in [-0.2, 0) is 0 Å². The van der Waals surface area contributed by atoms with E-state index >= 15 is 0 Å². The van der Waals surface area contributed by atoms with Gasteiger partial charge in [0.1, 0.15) is 0 Å². The molecule has 5 rings (SSSR count). The van der Waals surface area contributed by atoms with Gasteiger partial charge in [0.15, 0.2) is 0 Å². The number of nitrogens with zero attached hydrogens (tertiary/aromatic N) is 3. The molecule has 0 atom stereocenters. The van der Waals surface area contributed by atoms with Crippen molar-refractivity contribution in [2.75, 3.05) is 5.32 Å². The maximum Gasteiger partial charge on any atom is 0.0729 e. The van der Waals surface area contributed by atoms with Crippen LogP contribution in [0.3, 0.4) is 0 Å². The van der Waals surface area contributed by atoms with Crippen LogP contribution in [0.5, 0.6) is 0 Å². The molecular formula is C21H15N5. The molecule has 2 aromatic carbocycles. The molecule has 3 aromatic heterocycles. The van der Waals surface area contributed by atoms with Crippen molar-refractivity contribution in [3.63, 3.8) is 0 Å². The average molecular weight is 337 g/mol. The van der Waals surface area contributed by atoms with Gasteiger partial charge < -0.3 is 5.32 Å². The molecule has 0 saturated carbocycles. The van der Waals surface area contributed by atoms with Gasteiger partial charge in [-0.1, -0.05) is 18.2 Å². The van der Waals surface area contributed by atoms with Gasteiger partial charge in [0.05, 0.1) is 22.9 Å². The van der Waals surface area contributed by atoms with E-state index in [9.17, 15) is 0 Å². The summed E-state index contributed by atoms with van der Waals surface area (Å²) in [4.78, 5) is 8.95. The summed E-state index contributed by atoms with van der Waals surface area (Å²) in [5.41, 5.74) is 5.99. The fraction of sp³-hybridized carbons (Fsp3) is 0. The van der Waals surface area contributed by atoms with Crippen LogP contribution in [-0.4, -0.2) is 20.2 Å². The van der Waals surface area contributed by atoms with Crippen molar-refractivity contribution >= 4 is 33.2 Å². The molecule has 5 heteroatoms. The first-order valence-electron chi connectivity index (χ1n) is 8.37. The minimum Gasteiger partial charge on any atom is -0.355 e. The van der Waals surface area contributed by atoms with Crippen LogP contribution in [0.15, 0.2) is 79.3 Å². The van der Waals surface area contributed by atoms with E-state index < -0.39 is 0 Å². The van der Waals surface area contributed by atoms with Crippen LogP contribution in [0.2, 0.25) is 0 Å². The highest BCUT2D eigenvalue weighted by molar-refractivity contribution is 5.95. The largest absolute Gasteiger partial charge is 0.355 e. The quantitative estimate of drug-likeness (QED) is 0.490. The summed E-state index contributed by atoms with van der Waals surface area (Å²) in [5.74, 6) is 0. The predicted molar refractivity (Wildman–Crippen MR) is 104 cm³/mol. The van der Waals surface area contributed by atoms with Gasteiger partial charge in [-0.25, -0.2) is 0 Å². The smallest absolute Gasteiger partial charge is 0.0729 e. The SMILES string of the molecule is c1ccc(-c2ccc3c(Nc4ccc5[nH]ncc5c4)ccnc3c2)nc1. The summed E-state index contributed by atoms with van der Waals surface area (Å²) < 4.78 is 0. The number of pyridine rings is 2. The number of H-pyrrole nitrogens is 1. The van der Waals surface area contributed by atoms with Crippen LogP contribution in [0.25, 0.3) is 33.1 Å². The van der Waals surface area contributed by atoms with Crippen molar-refractivity contribution in [2.45, 2.75) is 0 Å². The first kappa shape index (κ1) is 14.6. The second kappa shape index (κ2) is 5.97. The highest BCUT2D eigenvalue weighted by Crippen LogP contribution is 2.29. The second-order valence-electron chi connectivity index (χ2n) is 6.10. The Morgan fingerprint density at radius 2 is 1.85 bits per heavy atom. The van der Waals surface area contributed by atoms with Crippen LogP contribution in [0.4, 0.5) is 11.4 Å². The van der Waals surface area contributed by atoms with Crippen molar-refractivity contribution in [1.29, 1.82) is 0 Å². The summed E-state index contributed by atoms with van der Waals surface area (Å²) >= 11 is 0. The van der Waals surface area contributed by atoms with Crippen LogP contribution >= 0.6 is 0 Å². The topological polar surface area (TPSA) is 66.5 Å². The van der Waals surface area contributed by atoms with Crippen molar-refractivity contribution in [3.05, 3.63) is 79.3 Å². The predicted octanol–water partition coefficient (Wildman–Crippen LogP) is 4.92. The Balaban J connectivity index is 1.55. The molecule has 5 nitrogen and oxygen atoms in total. The van der Waals surface area contributed by atoms with Crippen LogP contribution in [0.1, 0.15) is 0 Å². The second-order valence-corrected chi connectivity index (χ2v) is 6.10. The number of anilines is 2. The molecule has 0 amide bonds. The fourth-order valence-corrected chi connectivity index (χ4v) is 3.13. The number of aromatic nitrogens is 4. The van der Waals surface area contributed by atoms with E-state index in [1.54, 1.807) is 6.20 Å². The van der Waals surface area contributed by atoms with E-state index in [0.29, 0.717) is 0 Å². The third-order valence-corrected chi connectivity index (χ3v) is 4.42. The zero-order valence-corrected chi connectivity index (χ0v) is 13.8. The van der Waals surface area contributed by atoms with E-state index in [-0.39, 0.29) is 0 Å². The summed E-state index contributed by atoms with van der Waals surface area (Å²) in [6.45, 7) is 0. The molecule has 0 aliphatic carbocycles. The number of nitrogens with one attached hydrogen (secondary N) is 2. The van der Waals surface area contributed by atoms with Gasteiger partial charge >= 0.3 is 0 Å². The monoisotopic (exact) mass is 337 g/mol. The van der Waals surface area contributed by atoms with E-state index in [0.717, 1.165) is 44.4 Å². The van der Waals surface area contributed by atoms with Gasteiger partial charge in [-0.2, -0.15) is 5.10 Å². The minimum atomic E-state index is 0.933. The van der Waals surface area contributed by atoms with Gasteiger partial charge in [0.25, 0.3) is 0 Å². The Hall–Kier alpha value is -3.73. The lowest BCUT2D eigenvalue weighted by Crippen LogP contribution is -1.93. The van der Waals surface area contributed by atoms with Crippen molar-refractivity contribution < 1.29 is 0 Å². The van der Waals surface area contributed by atoms with Crippen LogP contribution < -0.4 is 5.32 Å². The summed E-state index contributed by atoms with van der Waals surface area (Å²) in [5, 5.41) is 12.7. The van der Waals surface area contributed by atoms with Gasteiger partial charge in [-0.3, -0.25) is 15.1 Å². The van der Waals surface area contributed by atoms with Gasteiger partial charge in [-0.15, -0.1) is 0 Å². The Labute approximate surface area is 149 Å². The molecule has 0 aliphatic rings. The number of fused-ring (bicyclic) bond motifs is 2. The number of hydrogen-bond donors (Lipinski definition) is 2. The lowest BCUT2D eigenvalue weighted by molar-refractivity contribution is 1.12. The van der Waals surface area contributed by atoms with E-state index in [4.69, 9.17) is 0 Å². The first-order chi connectivity index (χ1) is 12.9. The van der Waals surface area contributed by atoms with Crippen molar-refractivity contribution in [3.8, 4) is 11.3 Å². The standard InChI is InChI=1S/C21H15N5/c1-2-9-22-18(3-1)14-4-6-17-20(8-10-23-21(17)12-14)25-16-5-7-19-15(11-16)13-24-26-19/h1-13H,(H,23,25)(H,24,26). The van der Waals surface area contributed by atoms with E-state index in [1.807, 2.05) is 48.8 Å². The fourth-order valence-electron chi connectivity index (χ4n) is 3.13. The zero-order chi connectivity index (χ0) is 17.3. The normalized spacial score (nSPS) is 11.1.